The van der Waals surface area contributed by atoms with Gasteiger partial charge in [0.2, 0.25) is 11.8 Å². The van der Waals surface area contributed by atoms with E-state index in [0.29, 0.717) is 53.2 Å². The van der Waals surface area contributed by atoms with Crippen molar-refractivity contribution in [2.45, 2.75) is 163 Å². The molecule has 0 unspecified atom stereocenters. The third kappa shape index (κ3) is 16.6. The van der Waals surface area contributed by atoms with Crippen LogP contribution in [0.1, 0.15) is 180 Å². The first-order valence-corrected chi connectivity index (χ1v) is 24.2. The second kappa shape index (κ2) is 27.7. The van der Waals surface area contributed by atoms with Crippen molar-refractivity contribution < 1.29 is 33.0 Å². The number of aromatic nitrogens is 2. The summed E-state index contributed by atoms with van der Waals surface area (Å²) in [5.41, 5.74) is 4.89. The van der Waals surface area contributed by atoms with Crippen LogP contribution in [0.25, 0.3) is 22.9 Å². The van der Waals surface area contributed by atoms with Gasteiger partial charge < -0.3 is 23.4 Å². The number of ether oxygens (including phenoxy) is 4. The average Bonchev–Trinajstić information content (AvgIpc) is 3.78. The van der Waals surface area contributed by atoms with Crippen LogP contribution in [0.15, 0.2) is 83.3 Å². The molecule has 0 aliphatic carbocycles. The number of rotatable bonds is 30. The SMILES string of the molecule is CCCCCCCCCCCCOc1ccc(C(=O)Oc2ccc(-c3nnc(-c4ccc(OC(=O)c5ccc(OCCCCCCCCCCCC)c(C)c5)cc4C)o3)cc2)cc1C. The predicted molar refractivity (Wildman–Crippen MR) is 257 cm³/mol. The van der Waals surface area contributed by atoms with E-state index in [1.165, 1.54) is 116 Å². The summed E-state index contributed by atoms with van der Waals surface area (Å²) >= 11 is 0. The first-order valence-electron chi connectivity index (χ1n) is 24.2. The summed E-state index contributed by atoms with van der Waals surface area (Å²) in [6, 6.07) is 23.0. The maximum Gasteiger partial charge on any atom is 0.343 e. The molecular weight excluding hydrogens is 801 g/mol. The average molecular weight is 873 g/mol. The molecule has 0 N–H and O–H groups in total. The van der Waals surface area contributed by atoms with Gasteiger partial charge in [0, 0.05) is 11.1 Å². The van der Waals surface area contributed by atoms with Gasteiger partial charge in [-0.15, -0.1) is 10.2 Å². The van der Waals surface area contributed by atoms with Crippen LogP contribution in [-0.4, -0.2) is 35.3 Å². The number of hydrogen-bond acceptors (Lipinski definition) is 9. The van der Waals surface area contributed by atoms with Gasteiger partial charge in [-0.1, -0.05) is 129 Å². The maximum atomic E-state index is 13.1. The Hall–Kier alpha value is -5.44. The lowest BCUT2D eigenvalue weighted by molar-refractivity contribution is 0.0725. The van der Waals surface area contributed by atoms with E-state index >= 15 is 0 Å². The molecule has 4 aromatic carbocycles. The number of benzene rings is 4. The summed E-state index contributed by atoms with van der Waals surface area (Å²) in [5, 5.41) is 8.53. The molecule has 0 spiro atoms. The molecule has 0 fully saturated rings. The molecule has 0 saturated carbocycles. The fourth-order valence-corrected chi connectivity index (χ4v) is 7.81. The molecule has 0 aliphatic rings. The van der Waals surface area contributed by atoms with Gasteiger partial charge in [-0.2, -0.15) is 0 Å². The molecule has 0 amide bonds. The van der Waals surface area contributed by atoms with E-state index in [-0.39, 0.29) is 0 Å². The number of hydrogen-bond donors (Lipinski definition) is 0. The minimum atomic E-state index is -0.450. The van der Waals surface area contributed by atoms with Gasteiger partial charge in [0.25, 0.3) is 0 Å². The Morgan fingerprint density at radius 3 is 1.33 bits per heavy atom. The lowest BCUT2D eigenvalue weighted by Crippen LogP contribution is -2.09. The second-order valence-electron chi connectivity index (χ2n) is 17.2. The quantitative estimate of drug-likeness (QED) is 0.0253. The molecule has 1 aromatic heterocycles. The van der Waals surface area contributed by atoms with Gasteiger partial charge >= 0.3 is 11.9 Å². The topological polar surface area (TPSA) is 110 Å². The third-order valence-corrected chi connectivity index (χ3v) is 11.7. The molecule has 0 bridgehead atoms. The van der Waals surface area contributed by atoms with Crippen LogP contribution in [0.2, 0.25) is 0 Å². The Morgan fingerprint density at radius 2 is 0.875 bits per heavy atom. The molecular formula is C55H72N2O7. The van der Waals surface area contributed by atoms with Gasteiger partial charge in [0.05, 0.1) is 24.3 Å². The van der Waals surface area contributed by atoms with Crippen molar-refractivity contribution in [2.75, 3.05) is 13.2 Å². The van der Waals surface area contributed by atoms with Crippen LogP contribution in [-0.2, 0) is 0 Å². The van der Waals surface area contributed by atoms with Crippen LogP contribution >= 0.6 is 0 Å². The van der Waals surface area contributed by atoms with E-state index in [9.17, 15) is 9.59 Å². The zero-order valence-electron chi connectivity index (χ0n) is 39.3. The molecule has 0 radical (unpaired) electrons. The minimum absolute atomic E-state index is 0.318. The number of nitrogens with zero attached hydrogens (tertiary/aromatic N) is 2. The highest BCUT2D eigenvalue weighted by atomic mass is 16.5. The predicted octanol–water partition coefficient (Wildman–Crippen LogP) is 15.4. The van der Waals surface area contributed by atoms with Crippen LogP contribution in [0.3, 0.4) is 0 Å². The lowest BCUT2D eigenvalue weighted by atomic mass is 10.1. The van der Waals surface area contributed by atoms with Crippen LogP contribution < -0.4 is 18.9 Å². The Labute approximate surface area is 382 Å². The van der Waals surface area contributed by atoms with E-state index in [4.69, 9.17) is 23.4 Å². The summed E-state index contributed by atoms with van der Waals surface area (Å²) in [6.07, 6.45) is 25.6. The highest BCUT2D eigenvalue weighted by molar-refractivity contribution is 5.92. The van der Waals surface area contributed by atoms with Gasteiger partial charge in [0.1, 0.15) is 23.0 Å². The highest BCUT2D eigenvalue weighted by Gasteiger charge is 2.17. The number of carbonyl (C=O) groups excluding carboxylic acids is 2. The summed E-state index contributed by atoms with van der Waals surface area (Å²) < 4.78 is 29.5. The van der Waals surface area contributed by atoms with Crippen molar-refractivity contribution in [2.24, 2.45) is 0 Å². The molecule has 0 saturated heterocycles. The number of carbonyl (C=O) groups is 2. The molecule has 0 aliphatic heterocycles. The Morgan fingerprint density at radius 1 is 0.453 bits per heavy atom. The fraction of sp³-hybridized carbons (Fsp3) is 0.491. The van der Waals surface area contributed by atoms with E-state index in [0.717, 1.165) is 46.6 Å². The van der Waals surface area contributed by atoms with Gasteiger partial charge in [-0.25, -0.2) is 9.59 Å². The zero-order valence-corrected chi connectivity index (χ0v) is 39.3. The van der Waals surface area contributed by atoms with E-state index in [2.05, 4.69) is 24.0 Å². The molecule has 5 rings (SSSR count). The summed E-state index contributed by atoms with van der Waals surface area (Å²) in [7, 11) is 0. The third-order valence-electron chi connectivity index (χ3n) is 11.7. The monoisotopic (exact) mass is 873 g/mol. The summed E-state index contributed by atoms with van der Waals surface area (Å²) in [6.45, 7) is 11.6. The second-order valence-corrected chi connectivity index (χ2v) is 17.2. The van der Waals surface area contributed by atoms with Crippen molar-refractivity contribution in [1.29, 1.82) is 0 Å². The van der Waals surface area contributed by atoms with Crippen molar-refractivity contribution >= 4 is 11.9 Å². The first kappa shape index (κ1) is 49.6. The molecule has 344 valence electrons. The molecule has 1 heterocycles. The van der Waals surface area contributed by atoms with E-state index in [1.807, 2.05) is 39.0 Å². The summed E-state index contributed by atoms with van der Waals surface area (Å²) in [4.78, 5) is 26.1. The van der Waals surface area contributed by atoms with Gasteiger partial charge in [-0.3, -0.25) is 0 Å². The smallest absolute Gasteiger partial charge is 0.343 e. The minimum Gasteiger partial charge on any atom is -0.493 e. The van der Waals surface area contributed by atoms with Crippen molar-refractivity contribution in [3.05, 3.63) is 107 Å². The van der Waals surface area contributed by atoms with Crippen LogP contribution in [0, 0.1) is 20.8 Å². The lowest BCUT2D eigenvalue weighted by Gasteiger charge is -2.11. The zero-order chi connectivity index (χ0) is 45.4. The Kier molecular flexibility index (Phi) is 21.4. The van der Waals surface area contributed by atoms with Crippen LogP contribution in [0.5, 0.6) is 23.0 Å². The first-order chi connectivity index (χ1) is 31.2. The van der Waals surface area contributed by atoms with E-state index in [1.54, 1.807) is 60.7 Å². The molecule has 5 aromatic rings. The van der Waals surface area contributed by atoms with Gasteiger partial charge in [-0.05, 0) is 129 Å². The normalized spacial score (nSPS) is 11.1. The Balaban J connectivity index is 1.03. The molecule has 9 nitrogen and oxygen atoms in total. The highest BCUT2D eigenvalue weighted by Crippen LogP contribution is 2.31. The maximum absolute atomic E-state index is 13.1. The van der Waals surface area contributed by atoms with Crippen molar-refractivity contribution in [3.8, 4) is 45.9 Å². The summed E-state index contributed by atoms with van der Waals surface area (Å²) in [5.74, 6) is 2.14. The largest absolute Gasteiger partial charge is 0.493 e. The molecule has 0 atom stereocenters. The number of esters is 2. The number of unbranched alkanes of at least 4 members (excludes halogenated alkanes) is 18. The van der Waals surface area contributed by atoms with Crippen molar-refractivity contribution in [1.82, 2.24) is 10.2 Å². The molecule has 9 heteroatoms. The number of aryl methyl sites for hydroxylation is 3. The van der Waals surface area contributed by atoms with Crippen LogP contribution in [0.4, 0.5) is 0 Å². The van der Waals surface area contributed by atoms with E-state index < -0.39 is 11.9 Å². The Bertz CT molecular complexity index is 2160. The standard InChI is InChI=1S/C55H72N2O7/c1-6-8-10-12-14-16-18-20-22-24-36-60-50-34-28-45(38-42(50)4)54(58)62-47-30-26-44(27-31-47)52-56-57-53(64-52)49-33-32-48(40-41(49)3)63-55(59)46-29-35-51(43(5)39-46)61-37-25-23-21-19-17-15-13-11-9-7-2/h26-35,38-40H,6-25,36-37H2,1-5H3. The fourth-order valence-electron chi connectivity index (χ4n) is 7.81. The molecule has 64 heavy (non-hydrogen) atoms. The van der Waals surface area contributed by atoms with Crippen molar-refractivity contribution in [3.63, 3.8) is 0 Å². The van der Waals surface area contributed by atoms with Gasteiger partial charge in [0.15, 0.2) is 0 Å².